The summed E-state index contributed by atoms with van der Waals surface area (Å²) in [5.41, 5.74) is 0.871. The van der Waals surface area contributed by atoms with E-state index in [9.17, 15) is 33.6 Å². The molecule has 2 amide bonds. The van der Waals surface area contributed by atoms with E-state index in [1.165, 1.54) is 6.92 Å². The Balaban J connectivity index is 2.14. The van der Waals surface area contributed by atoms with E-state index < -0.39 is 91.1 Å². The van der Waals surface area contributed by atoms with Crippen molar-refractivity contribution in [2.75, 3.05) is 40.1 Å². The van der Waals surface area contributed by atoms with Crippen LogP contribution in [0.2, 0.25) is 0 Å². The summed E-state index contributed by atoms with van der Waals surface area (Å²) in [4.78, 5) is 86.1. The molecule has 1 fully saturated rings. The molecule has 0 spiro atoms. The molecule has 0 radical (unpaired) electrons. The van der Waals surface area contributed by atoms with Gasteiger partial charge in [-0.05, 0) is 24.8 Å². The van der Waals surface area contributed by atoms with Crippen LogP contribution in [0.15, 0.2) is 30.3 Å². The zero-order valence-corrected chi connectivity index (χ0v) is 30.9. The van der Waals surface area contributed by atoms with Crippen LogP contribution >= 0.6 is 0 Å². The normalized spacial score (nSPS) is 20.5. The van der Waals surface area contributed by atoms with Crippen LogP contribution in [0.1, 0.15) is 65.9 Å². The standard InChI is InChI=1S/C35H50N2O16/c1-22(38)37-30-28(50-24(3)40)19-35(33(43)45-6,53-32(30)31(52-26(5)42)29(51-25(4)41)21-47-23(2)39)49-18-11-10-16-46-17-12-15-36-34(44)48-20-27-13-8-7-9-14-27/h7-9,13-14,28-32H,10-12,15-21H2,1-6H3,(H,36,44)(H,37,38)/t28-,29+,30+,31+,32+,35+/m0/s1. The van der Waals surface area contributed by atoms with E-state index in [1.54, 1.807) is 0 Å². The highest BCUT2D eigenvalue weighted by Gasteiger charge is 2.59. The third-order valence-electron chi connectivity index (χ3n) is 7.46. The molecule has 1 aliphatic heterocycles. The molecule has 6 atom stereocenters. The fourth-order valence-electron chi connectivity index (χ4n) is 5.33. The van der Waals surface area contributed by atoms with Crippen molar-refractivity contribution in [1.29, 1.82) is 0 Å². The first kappa shape index (κ1) is 44.4. The topological polar surface area (TPSA) is 227 Å². The van der Waals surface area contributed by atoms with Crippen molar-refractivity contribution in [2.45, 2.75) is 103 Å². The minimum atomic E-state index is -2.28. The molecule has 0 aromatic heterocycles. The summed E-state index contributed by atoms with van der Waals surface area (Å²) in [6, 6.07) is 7.98. The number of amides is 2. The number of carbonyl (C=O) groups excluding carboxylic acids is 7. The van der Waals surface area contributed by atoms with E-state index in [-0.39, 0.29) is 13.2 Å². The van der Waals surface area contributed by atoms with Crippen molar-refractivity contribution in [3.05, 3.63) is 35.9 Å². The second-order valence-corrected chi connectivity index (χ2v) is 11.9. The first-order valence-corrected chi connectivity index (χ1v) is 17.0. The van der Waals surface area contributed by atoms with Crippen LogP contribution < -0.4 is 10.6 Å². The highest BCUT2D eigenvalue weighted by molar-refractivity contribution is 5.79. The van der Waals surface area contributed by atoms with Gasteiger partial charge < -0.3 is 53.3 Å². The van der Waals surface area contributed by atoms with Crippen molar-refractivity contribution in [3.63, 3.8) is 0 Å². The van der Waals surface area contributed by atoms with Gasteiger partial charge in [0.2, 0.25) is 5.91 Å². The lowest BCUT2D eigenvalue weighted by molar-refractivity contribution is -0.314. The van der Waals surface area contributed by atoms with E-state index >= 15 is 0 Å². The molecule has 1 aliphatic rings. The lowest BCUT2D eigenvalue weighted by Crippen LogP contribution is -2.69. The third kappa shape index (κ3) is 16.2. The third-order valence-corrected chi connectivity index (χ3v) is 7.46. The van der Waals surface area contributed by atoms with Gasteiger partial charge in [0.05, 0.1) is 26.2 Å². The fraction of sp³-hybridized carbons (Fsp3) is 0.629. The van der Waals surface area contributed by atoms with Crippen molar-refractivity contribution < 1.29 is 76.2 Å². The largest absolute Gasteiger partial charge is 0.465 e. The summed E-state index contributed by atoms with van der Waals surface area (Å²) in [6.45, 7) is 5.93. The summed E-state index contributed by atoms with van der Waals surface area (Å²) in [5.74, 6) is -7.22. The van der Waals surface area contributed by atoms with Crippen LogP contribution in [0.4, 0.5) is 4.79 Å². The highest BCUT2D eigenvalue weighted by atomic mass is 16.7. The number of alkyl carbamates (subject to hydrolysis) is 1. The molecular weight excluding hydrogens is 704 g/mol. The van der Waals surface area contributed by atoms with Gasteiger partial charge in [-0.2, -0.15) is 0 Å². The average molecular weight is 755 g/mol. The van der Waals surface area contributed by atoms with E-state index in [4.69, 9.17) is 42.6 Å². The Morgan fingerprint density at radius 2 is 1.49 bits per heavy atom. The van der Waals surface area contributed by atoms with Crippen molar-refractivity contribution in [1.82, 2.24) is 10.6 Å². The van der Waals surface area contributed by atoms with Gasteiger partial charge in [-0.25, -0.2) is 9.59 Å². The smallest absolute Gasteiger partial charge is 0.407 e. The minimum Gasteiger partial charge on any atom is -0.465 e. The second kappa shape index (κ2) is 23.0. The maximum absolute atomic E-state index is 13.4. The first-order chi connectivity index (χ1) is 25.2. The van der Waals surface area contributed by atoms with Crippen LogP contribution in [-0.4, -0.2) is 118 Å². The van der Waals surface area contributed by atoms with Gasteiger partial charge >= 0.3 is 35.9 Å². The molecule has 296 valence electrons. The number of nitrogens with one attached hydrogen (secondary N) is 2. The molecule has 1 aromatic carbocycles. The Hall–Kier alpha value is -4.81. The molecule has 2 rings (SSSR count). The van der Waals surface area contributed by atoms with Gasteiger partial charge in [-0.1, -0.05) is 30.3 Å². The molecule has 0 aliphatic carbocycles. The van der Waals surface area contributed by atoms with Crippen LogP contribution in [0.3, 0.4) is 0 Å². The molecule has 53 heavy (non-hydrogen) atoms. The molecular formula is C35H50N2O16. The predicted octanol–water partition coefficient (Wildman–Crippen LogP) is 1.64. The average Bonchev–Trinajstić information content (AvgIpc) is 3.09. The summed E-state index contributed by atoms with van der Waals surface area (Å²) in [7, 11) is 1.07. The Labute approximate surface area is 307 Å². The summed E-state index contributed by atoms with van der Waals surface area (Å²) in [5, 5.41) is 5.25. The first-order valence-electron chi connectivity index (χ1n) is 17.0. The molecule has 0 bridgehead atoms. The molecule has 1 heterocycles. The van der Waals surface area contributed by atoms with Gasteiger partial charge in [0, 0.05) is 54.4 Å². The molecule has 2 N–H and O–H groups in total. The van der Waals surface area contributed by atoms with E-state index in [0.29, 0.717) is 39.0 Å². The van der Waals surface area contributed by atoms with Crippen molar-refractivity contribution in [2.24, 2.45) is 0 Å². The Morgan fingerprint density at radius 1 is 0.830 bits per heavy atom. The van der Waals surface area contributed by atoms with E-state index in [0.717, 1.165) is 40.4 Å². The van der Waals surface area contributed by atoms with Crippen LogP contribution in [0.5, 0.6) is 0 Å². The van der Waals surface area contributed by atoms with Crippen LogP contribution in [-0.2, 0) is 78.0 Å². The fourth-order valence-corrected chi connectivity index (χ4v) is 5.33. The number of carbonyl (C=O) groups is 7. The zero-order chi connectivity index (χ0) is 39.4. The maximum atomic E-state index is 13.4. The van der Waals surface area contributed by atoms with Crippen LogP contribution in [0, 0.1) is 0 Å². The zero-order valence-electron chi connectivity index (χ0n) is 30.9. The lowest BCUT2D eigenvalue weighted by Gasteiger charge is -2.48. The van der Waals surface area contributed by atoms with E-state index in [1.807, 2.05) is 30.3 Å². The lowest BCUT2D eigenvalue weighted by atomic mass is 9.88. The van der Waals surface area contributed by atoms with Gasteiger partial charge in [0.15, 0.2) is 12.2 Å². The Bertz CT molecular complexity index is 1370. The van der Waals surface area contributed by atoms with Crippen molar-refractivity contribution in [3.8, 4) is 0 Å². The van der Waals surface area contributed by atoms with E-state index in [2.05, 4.69) is 10.6 Å². The second-order valence-electron chi connectivity index (χ2n) is 11.9. The number of methoxy groups -OCH3 is 1. The predicted molar refractivity (Wildman–Crippen MR) is 180 cm³/mol. The molecule has 0 saturated carbocycles. The number of benzene rings is 1. The Morgan fingerprint density at radius 3 is 2.09 bits per heavy atom. The number of unbranched alkanes of at least 4 members (excludes halogenated alkanes) is 1. The SMILES string of the molecule is COC(=O)[C@@]1(OCCCCOCCCNC(=O)OCc2ccccc2)C[C@H](OC(C)=O)[C@@H](NC(C)=O)[C@H]([C@H](OC(C)=O)[C@@H](COC(C)=O)OC(C)=O)O1. The summed E-state index contributed by atoms with van der Waals surface area (Å²) in [6.07, 6.45) is -5.75. The molecule has 1 aromatic rings. The summed E-state index contributed by atoms with van der Waals surface area (Å²) < 4.78 is 49.5. The number of ether oxygens (including phenoxy) is 9. The molecule has 1 saturated heterocycles. The number of rotatable bonds is 21. The van der Waals surface area contributed by atoms with Crippen LogP contribution in [0.25, 0.3) is 0 Å². The van der Waals surface area contributed by atoms with Gasteiger partial charge in [0.1, 0.15) is 25.4 Å². The van der Waals surface area contributed by atoms with Gasteiger partial charge in [-0.3, -0.25) is 24.0 Å². The molecule has 18 heteroatoms. The van der Waals surface area contributed by atoms with Gasteiger partial charge in [0.25, 0.3) is 5.79 Å². The number of hydrogen-bond donors (Lipinski definition) is 2. The minimum absolute atomic E-state index is 0.101. The summed E-state index contributed by atoms with van der Waals surface area (Å²) >= 11 is 0. The highest BCUT2D eigenvalue weighted by Crippen LogP contribution is 2.37. The maximum Gasteiger partial charge on any atom is 0.407 e. The number of esters is 5. The molecule has 0 unspecified atom stereocenters. The van der Waals surface area contributed by atoms with Crippen molar-refractivity contribution >= 4 is 41.8 Å². The Kier molecular flexibility index (Phi) is 19.2. The monoisotopic (exact) mass is 754 g/mol. The molecule has 18 nitrogen and oxygen atoms in total. The number of hydrogen-bond acceptors (Lipinski definition) is 16. The van der Waals surface area contributed by atoms with Gasteiger partial charge in [-0.15, -0.1) is 0 Å². The quantitative estimate of drug-likeness (QED) is 0.103.